The molecule has 3 atom stereocenters. The summed E-state index contributed by atoms with van der Waals surface area (Å²) < 4.78 is 5.45. The van der Waals surface area contributed by atoms with E-state index in [1.165, 1.54) is 0 Å². The van der Waals surface area contributed by atoms with Gasteiger partial charge in [-0.1, -0.05) is 60.7 Å². The third-order valence-corrected chi connectivity index (χ3v) is 7.42. The molecule has 0 radical (unpaired) electrons. The Morgan fingerprint density at radius 1 is 1.19 bits per heavy atom. The molecule has 0 spiro atoms. The minimum atomic E-state index is -0.666. The van der Waals surface area contributed by atoms with Crippen LogP contribution >= 0.6 is 23.4 Å². The molecule has 2 heterocycles. The summed E-state index contributed by atoms with van der Waals surface area (Å²) in [6.45, 7) is 1.93. The average Bonchev–Trinajstić information content (AvgIpc) is 2.95. The van der Waals surface area contributed by atoms with Crippen molar-refractivity contribution in [1.82, 2.24) is 4.90 Å². The molecule has 0 aliphatic carbocycles. The first-order chi connectivity index (χ1) is 13.0. The Bertz CT molecular complexity index is 808. The van der Waals surface area contributed by atoms with Crippen molar-refractivity contribution in [1.29, 1.82) is 0 Å². The van der Waals surface area contributed by atoms with Gasteiger partial charge in [-0.25, -0.2) is 4.79 Å². The van der Waals surface area contributed by atoms with Gasteiger partial charge in [-0.2, -0.15) is 0 Å². The highest BCUT2D eigenvalue weighted by atomic mass is 35.5. The van der Waals surface area contributed by atoms with Crippen molar-refractivity contribution in [3.8, 4) is 0 Å². The molecule has 2 saturated heterocycles. The number of esters is 1. The highest BCUT2D eigenvalue weighted by molar-refractivity contribution is 8.01. The number of β-lactam (4-membered cyclic amide) rings is 1. The lowest BCUT2D eigenvalue weighted by Crippen LogP contribution is -2.58. The molecule has 2 unspecified atom stereocenters. The predicted octanol–water partition coefficient (Wildman–Crippen LogP) is 3.99. The van der Waals surface area contributed by atoms with Crippen LogP contribution in [0.4, 0.5) is 0 Å². The van der Waals surface area contributed by atoms with Gasteiger partial charge in [-0.05, 0) is 18.1 Å². The lowest BCUT2D eigenvalue weighted by molar-refractivity contribution is -0.164. The molecule has 1 amide bonds. The molecular formula is C21H20ClNO3S. The largest absolute Gasteiger partial charge is 0.451 e. The molecule has 0 aromatic heterocycles. The normalized spacial score (nSPS) is 26.6. The number of amides is 1. The van der Waals surface area contributed by atoms with E-state index in [0.29, 0.717) is 6.42 Å². The smallest absolute Gasteiger partial charge is 0.331 e. The van der Waals surface area contributed by atoms with Gasteiger partial charge in [0.25, 0.3) is 0 Å². The number of alkyl halides is 1. The summed E-state index contributed by atoms with van der Waals surface area (Å²) in [4.78, 5) is 27.0. The van der Waals surface area contributed by atoms with Gasteiger partial charge in [-0.15, -0.1) is 23.4 Å². The highest BCUT2D eigenvalue weighted by Gasteiger charge is 2.61. The van der Waals surface area contributed by atoms with Crippen LogP contribution in [0.15, 0.2) is 60.7 Å². The van der Waals surface area contributed by atoms with E-state index in [1.807, 2.05) is 67.6 Å². The third-order valence-electron chi connectivity index (χ3n) is 5.14. The van der Waals surface area contributed by atoms with Crippen LogP contribution in [0.3, 0.4) is 0 Å². The molecule has 0 saturated carbocycles. The molecular weight excluding hydrogens is 382 g/mol. The molecule has 27 heavy (non-hydrogen) atoms. The van der Waals surface area contributed by atoms with Gasteiger partial charge in [0.15, 0.2) is 6.10 Å². The number of nitrogens with zero attached hydrogens (tertiary/aromatic N) is 1. The standard InChI is InChI=1S/C21H20ClNO3S/c1-21(13-22)19(23-16(24)12-17(23)27-21)20(25)26-18(14-8-4-2-5-9-14)15-10-6-3-7-11-15/h2-11,17-19H,12-13H2,1H3/t17-,19?,21?/m0/s1. The lowest BCUT2D eigenvalue weighted by Gasteiger charge is -2.38. The predicted molar refractivity (Wildman–Crippen MR) is 107 cm³/mol. The maximum Gasteiger partial charge on any atom is 0.331 e. The quantitative estimate of drug-likeness (QED) is 0.431. The van der Waals surface area contributed by atoms with Gasteiger partial charge in [-0.3, -0.25) is 4.79 Å². The summed E-state index contributed by atoms with van der Waals surface area (Å²) in [6, 6.07) is 18.6. The number of rotatable bonds is 5. The Hall–Kier alpha value is -1.98. The monoisotopic (exact) mass is 401 g/mol. The SMILES string of the molecule is CC1(CCl)S[C@H]2CC(=O)N2C1C(=O)OC(c1ccccc1)c1ccccc1. The van der Waals surface area contributed by atoms with E-state index in [9.17, 15) is 9.59 Å². The Balaban J connectivity index is 1.65. The van der Waals surface area contributed by atoms with E-state index in [4.69, 9.17) is 16.3 Å². The number of carbonyl (C=O) groups excluding carboxylic acids is 2. The number of fused-ring (bicyclic) bond motifs is 1. The topological polar surface area (TPSA) is 46.6 Å². The van der Waals surface area contributed by atoms with E-state index < -0.39 is 22.9 Å². The fraction of sp³-hybridized carbons (Fsp3) is 0.333. The zero-order chi connectivity index (χ0) is 19.0. The van der Waals surface area contributed by atoms with Crippen molar-refractivity contribution in [3.63, 3.8) is 0 Å². The molecule has 2 aromatic carbocycles. The maximum absolute atomic E-state index is 13.2. The second kappa shape index (κ2) is 7.21. The second-order valence-corrected chi connectivity index (χ2v) is 9.04. The molecule has 2 aliphatic heterocycles. The van der Waals surface area contributed by atoms with Crippen LogP contribution < -0.4 is 0 Å². The van der Waals surface area contributed by atoms with Crippen LogP contribution in [0.2, 0.25) is 0 Å². The van der Waals surface area contributed by atoms with Gasteiger partial charge < -0.3 is 9.64 Å². The van der Waals surface area contributed by atoms with E-state index >= 15 is 0 Å². The van der Waals surface area contributed by atoms with Crippen LogP contribution in [0.5, 0.6) is 0 Å². The van der Waals surface area contributed by atoms with Crippen molar-refractivity contribution in [2.24, 2.45) is 0 Å². The summed E-state index contributed by atoms with van der Waals surface area (Å²) in [7, 11) is 0. The highest BCUT2D eigenvalue weighted by Crippen LogP contribution is 2.52. The number of halogens is 1. The first kappa shape index (κ1) is 18.4. The van der Waals surface area contributed by atoms with Gasteiger partial charge >= 0.3 is 5.97 Å². The summed E-state index contributed by atoms with van der Waals surface area (Å²) in [5.41, 5.74) is 1.78. The number of hydrogen-bond acceptors (Lipinski definition) is 4. The van der Waals surface area contributed by atoms with Crippen molar-refractivity contribution in [2.45, 2.75) is 35.6 Å². The van der Waals surface area contributed by atoms with Crippen molar-refractivity contribution in [3.05, 3.63) is 71.8 Å². The molecule has 0 bridgehead atoms. The molecule has 2 fully saturated rings. The molecule has 140 valence electrons. The van der Waals surface area contributed by atoms with E-state index in [2.05, 4.69) is 0 Å². The first-order valence-electron chi connectivity index (χ1n) is 8.89. The fourth-order valence-corrected chi connectivity index (χ4v) is 5.65. The van der Waals surface area contributed by atoms with Crippen LogP contribution in [0.25, 0.3) is 0 Å². The number of benzene rings is 2. The summed E-state index contributed by atoms with van der Waals surface area (Å²) in [5.74, 6) is -0.142. The minimum absolute atomic E-state index is 0.0146. The summed E-state index contributed by atoms with van der Waals surface area (Å²) in [6.07, 6.45) is -0.0678. The zero-order valence-corrected chi connectivity index (χ0v) is 16.5. The maximum atomic E-state index is 13.2. The second-order valence-electron chi connectivity index (χ2n) is 7.06. The Morgan fingerprint density at radius 2 is 1.74 bits per heavy atom. The molecule has 2 aliphatic rings. The average molecular weight is 402 g/mol. The number of ether oxygens (including phenoxy) is 1. The minimum Gasteiger partial charge on any atom is -0.451 e. The Morgan fingerprint density at radius 3 is 2.22 bits per heavy atom. The first-order valence-corrected chi connectivity index (χ1v) is 10.3. The number of thioether (sulfide) groups is 1. The Kier molecular flexibility index (Phi) is 4.91. The van der Waals surface area contributed by atoms with Crippen molar-refractivity contribution < 1.29 is 14.3 Å². The molecule has 4 rings (SSSR count). The van der Waals surface area contributed by atoms with Crippen LogP contribution in [0.1, 0.15) is 30.6 Å². The lowest BCUT2D eigenvalue weighted by atomic mass is 9.97. The summed E-state index contributed by atoms with van der Waals surface area (Å²) in [5, 5.41) is 0.0192. The Labute approximate surface area is 167 Å². The van der Waals surface area contributed by atoms with Gasteiger partial charge in [0.1, 0.15) is 6.04 Å². The van der Waals surface area contributed by atoms with Crippen LogP contribution in [-0.2, 0) is 14.3 Å². The third kappa shape index (κ3) is 3.23. The molecule has 6 heteroatoms. The van der Waals surface area contributed by atoms with Crippen LogP contribution in [0, 0.1) is 0 Å². The zero-order valence-electron chi connectivity index (χ0n) is 14.9. The van der Waals surface area contributed by atoms with Gasteiger partial charge in [0, 0.05) is 5.88 Å². The van der Waals surface area contributed by atoms with E-state index in [-0.39, 0.29) is 17.2 Å². The van der Waals surface area contributed by atoms with E-state index in [0.717, 1.165) is 11.1 Å². The summed E-state index contributed by atoms with van der Waals surface area (Å²) >= 11 is 7.79. The van der Waals surface area contributed by atoms with Crippen molar-refractivity contribution in [2.75, 3.05) is 5.88 Å². The van der Waals surface area contributed by atoms with E-state index in [1.54, 1.807) is 16.7 Å². The number of carbonyl (C=O) groups is 2. The van der Waals surface area contributed by atoms with Crippen LogP contribution in [-0.4, -0.2) is 38.8 Å². The van der Waals surface area contributed by atoms with Gasteiger partial charge in [0.05, 0.1) is 16.5 Å². The molecule has 2 aromatic rings. The van der Waals surface area contributed by atoms with Gasteiger partial charge in [0.2, 0.25) is 5.91 Å². The number of hydrogen-bond donors (Lipinski definition) is 0. The molecule has 0 N–H and O–H groups in total. The molecule has 4 nitrogen and oxygen atoms in total. The fourth-order valence-electron chi connectivity index (χ4n) is 3.71. The van der Waals surface area contributed by atoms with Crippen molar-refractivity contribution >= 4 is 35.2 Å².